The molecule has 28 heavy (non-hydrogen) atoms. The van der Waals surface area contributed by atoms with Gasteiger partial charge in [-0.3, -0.25) is 4.31 Å². The summed E-state index contributed by atoms with van der Waals surface area (Å²) in [6.45, 7) is 1.34. The van der Waals surface area contributed by atoms with Crippen LogP contribution < -0.4 is 18.1 Å². The highest BCUT2D eigenvalue weighted by Gasteiger charge is 2.38. The van der Waals surface area contributed by atoms with Crippen LogP contribution in [0.25, 0.3) is 0 Å². The quantitative estimate of drug-likeness (QED) is 0.753. The number of hydrogen-bond donors (Lipinski definition) is 1. The van der Waals surface area contributed by atoms with E-state index in [2.05, 4.69) is 4.72 Å². The highest BCUT2D eigenvalue weighted by molar-refractivity contribution is 7.94. The summed E-state index contributed by atoms with van der Waals surface area (Å²) < 4.78 is 73.5. The van der Waals surface area contributed by atoms with E-state index in [9.17, 15) is 21.2 Å². The number of fused-ring (bicyclic) bond motifs is 1. The predicted molar refractivity (Wildman–Crippen MR) is 104 cm³/mol. The van der Waals surface area contributed by atoms with Gasteiger partial charge in [-0.05, 0) is 36.8 Å². The molecular formula is C17H20FN3O5S2. The zero-order valence-corrected chi connectivity index (χ0v) is 17.1. The lowest BCUT2D eigenvalue weighted by Gasteiger charge is -2.19. The van der Waals surface area contributed by atoms with Crippen LogP contribution in [0.4, 0.5) is 15.8 Å². The number of rotatable bonds is 6. The van der Waals surface area contributed by atoms with E-state index >= 15 is 0 Å². The fourth-order valence-corrected chi connectivity index (χ4v) is 5.64. The largest absolute Gasteiger partial charge is 0.495 e. The monoisotopic (exact) mass is 429 g/mol. The Morgan fingerprint density at radius 2 is 1.86 bits per heavy atom. The molecule has 1 aliphatic heterocycles. The molecule has 3 rings (SSSR count). The normalized spacial score (nSPS) is 15.6. The first-order valence-electron chi connectivity index (χ1n) is 8.28. The van der Waals surface area contributed by atoms with Crippen LogP contribution in [-0.4, -0.2) is 44.1 Å². The average Bonchev–Trinajstić information content (AvgIpc) is 2.81. The first kappa shape index (κ1) is 20.4. The summed E-state index contributed by atoms with van der Waals surface area (Å²) >= 11 is 0. The molecule has 11 heteroatoms. The van der Waals surface area contributed by atoms with Crippen LogP contribution in [0.15, 0.2) is 41.3 Å². The number of nitrogens with one attached hydrogen (secondary N) is 1. The molecule has 0 bridgehead atoms. The van der Waals surface area contributed by atoms with E-state index in [4.69, 9.17) is 4.74 Å². The van der Waals surface area contributed by atoms with E-state index in [-0.39, 0.29) is 29.4 Å². The smallest absolute Gasteiger partial charge is 0.326 e. The zero-order chi connectivity index (χ0) is 20.7. The van der Waals surface area contributed by atoms with Crippen molar-refractivity contribution in [1.29, 1.82) is 0 Å². The van der Waals surface area contributed by atoms with Gasteiger partial charge in [0.25, 0.3) is 0 Å². The Balaban J connectivity index is 1.82. The minimum Gasteiger partial charge on any atom is -0.495 e. The lowest BCUT2D eigenvalue weighted by molar-refractivity contribution is 0.402. The highest BCUT2D eigenvalue weighted by Crippen LogP contribution is 2.39. The van der Waals surface area contributed by atoms with Crippen LogP contribution >= 0.6 is 0 Å². The average molecular weight is 429 g/mol. The van der Waals surface area contributed by atoms with Crippen molar-refractivity contribution in [3.05, 3.63) is 47.8 Å². The molecule has 0 fully saturated rings. The Kier molecular flexibility index (Phi) is 5.26. The van der Waals surface area contributed by atoms with Gasteiger partial charge in [0.2, 0.25) is 10.0 Å². The summed E-state index contributed by atoms with van der Waals surface area (Å²) in [5.41, 5.74) is 1.22. The van der Waals surface area contributed by atoms with Gasteiger partial charge in [0.05, 0.1) is 18.5 Å². The fourth-order valence-electron chi connectivity index (χ4n) is 2.95. The molecule has 0 saturated carbocycles. The van der Waals surface area contributed by atoms with Crippen molar-refractivity contribution >= 4 is 31.6 Å². The number of methoxy groups -OCH3 is 1. The first-order valence-corrected chi connectivity index (χ1v) is 11.2. The Labute approximate surface area is 163 Å². The van der Waals surface area contributed by atoms with Crippen molar-refractivity contribution in [2.75, 3.05) is 35.9 Å². The van der Waals surface area contributed by atoms with Crippen LogP contribution in [0.3, 0.4) is 0 Å². The molecule has 0 saturated heterocycles. The van der Waals surface area contributed by atoms with Gasteiger partial charge < -0.3 is 4.74 Å². The molecule has 0 radical (unpaired) electrons. The van der Waals surface area contributed by atoms with Crippen molar-refractivity contribution < 1.29 is 26.0 Å². The number of aryl methyl sites for hydroxylation is 1. The Bertz CT molecular complexity index is 1120. The van der Waals surface area contributed by atoms with E-state index in [1.165, 1.54) is 32.4 Å². The summed E-state index contributed by atoms with van der Waals surface area (Å²) in [5.74, 6) is -0.404. The molecule has 0 aromatic heterocycles. The van der Waals surface area contributed by atoms with Crippen LogP contribution in [-0.2, 0) is 20.2 Å². The summed E-state index contributed by atoms with van der Waals surface area (Å²) in [6, 6.07) is 8.37. The van der Waals surface area contributed by atoms with Crippen LogP contribution in [0.1, 0.15) is 5.56 Å². The van der Waals surface area contributed by atoms with Crippen LogP contribution in [0, 0.1) is 12.7 Å². The van der Waals surface area contributed by atoms with Crippen molar-refractivity contribution in [1.82, 2.24) is 4.72 Å². The van der Waals surface area contributed by atoms with E-state index < -0.39 is 26.0 Å². The molecule has 0 aliphatic carbocycles. The highest BCUT2D eigenvalue weighted by atomic mass is 32.2. The van der Waals surface area contributed by atoms with Gasteiger partial charge in [-0.15, -0.1) is 0 Å². The van der Waals surface area contributed by atoms with Crippen LogP contribution in [0.2, 0.25) is 0 Å². The van der Waals surface area contributed by atoms with Gasteiger partial charge in [-0.25, -0.2) is 21.8 Å². The number of sulfonamides is 1. The maximum atomic E-state index is 13.6. The number of halogens is 1. The molecule has 2 aromatic rings. The minimum absolute atomic E-state index is 0.0390. The van der Waals surface area contributed by atoms with Gasteiger partial charge in [0.15, 0.2) is 0 Å². The second-order valence-corrected chi connectivity index (χ2v) is 9.85. The van der Waals surface area contributed by atoms with Gasteiger partial charge in [-0.2, -0.15) is 8.42 Å². The number of nitrogens with zero attached hydrogens (tertiary/aromatic N) is 2. The lowest BCUT2D eigenvalue weighted by atomic mass is 10.2. The standard InChI is InChI=1S/C17H20FN3O5S2/c1-12-4-7-16(26-3)17(10-12)27(22,23)19-8-9-21-15-11-13(18)5-6-14(15)20(2)28(21,24)25/h4-7,10-11,19H,8-9H2,1-3H3. The second-order valence-electron chi connectivity index (χ2n) is 6.23. The van der Waals surface area contributed by atoms with Gasteiger partial charge >= 0.3 is 10.2 Å². The third-order valence-corrected chi connectivity index (χ3v) is 7.69. The lowest BCUT2D eigenvalue weighted by Crippen LogP contribution is -2.40. The van der Waals surface area contributed by atoms with E-state index in [0.717, 1.165) is 20.2 Å². The molecule has 2 aromatic carbocycles. The third kappa shape index (κ3) is 3.52. The first-order chi connectivity index (χ1) is 13.1. The third-order valence-electron chi connectivity index (χ3n) is 4.39. The summed E-state index contributed by atoms with van der Waals surface area (Å²) in [5, 5.41) is 0. The van der Waals surface area contributed by atoms with E-state index in [1.807, 2.05) is 0 Å². The number of benzene rings is 2. The zero-order valence-electron chi connectivity index (χ0n) is 15.5. The van der Waals surface area contributed by atoms with Gasteiger partial charge in [0, 0.05) is 26.2 Å². The van der Waals surface area contributed by atoms with Gasteiger partial charge in [0.1, 0.15) is 16.5 Å². The predicted octanol–water partition coefficient (Wildman–Crippen LogP) is 1.62. The molecule has 1 aliphatic rings. The molecule has 0 atom stereocenters. The number of hydrogen-bond acceptors (Lipinski definition) is 5. The maximum absolute atomic E-state index is 13.6. The molecule has 0 amide bonds. The van der Waals surface area contributed by atoms with E-state index in [0.29, 0.717) is 5.69 Å². The number of anilines is 2. The second kappa shape index (κ2) is 7.22. The molecule has 1 heterocycles. The van der Waals surface area contributed by atoms with Crippen molar-refractivity contribution in [2.45, 2.75) is 11.8 Å². The number of ether oxygens (including phenoxy) is 1. The Morgan fingerprint density at radius 1 is 1.14 bits per heavy atom. The van der Waals surface area contributed by atoms with Crippen LogP contribution in [0.5, 0.6) is 5.75 Å². The van der Waals surface area contributed by atoms with E-state index in [1.54, 1.807) is 19.1 Å². The van der Waals surface area contributed by atoms with Gasteiger partial charge in [-0.1, -0.05) is 6.07 Å². The minimum atomic E-state index is -3.94. The fraction of sp³-hybridized carbons (Fsp3) is 0.294. The molecule has 0 unspecified atom stereocenters. The Hall–Kier alpha value is -2.37. The van der Waals surface area contributed by atoms with Crippen molar-refractivity contribution in [2.24, 2.45) is 0 Å². The Morgan fingerprint density at radius 3 is 2.54 bits per heavy atom. The SMILES string of the molecule is COc1ccc(C)cc1S(=O)(=O)NCCN1c2cc(F)ccc2N(C)S1(=O)=O. The topological polar surface area (TPSA) is 96.0 Å². The summed E-state index contributed by atoms with van der Waals surface area (Å²) in [6.07, 6.45) is 0. The maximum Gasteiger partial charge on any atom is 0.326 e. The molecule has 1 N–H and O–H groups in total. The molecule has 0 spiro atoms. The molecular weight excluding hydrogens is 409 g/mol. The van der Waals surface area contributed by atoms with Crippen molar-refractivity contribution in [3.8, 4) is 5.75 Å². The van der Waals surface area contributed by atoms with Crippen molar-refractivity contribution in [3.63, 3.8) is 0 Å². The molecule has 152 valence electrons. The summed E-state index contributed by atoms with van der Waals surface area (Å²) in [7, 11) is -5.12. The molecule has 8 nitrogen and oxygen atoms in total. The summed E-state index contributed by atoms with van der Waals surface area (Å²) in [4.78, 5) is -0.0390.